The first-order chi connectivity index (χ1) is 12.6. The van der Waals surface area contributed by atoms with E-state index >= 15 is 0 Å². The van der Waals surface area contributed by atoms with E-state index in [1.54, 1.807) is 6.07 Å². The molecule has 0 saturated heterocycles. The van der Waals surface area contributed by atoms with Gasteiger partial charge in [-0.2, -0.15) is 5.10 Å². The summed E-state index contributed by atoms with van der Waals surface area (Å²) < 4.78 is 2.04. The Hall–Kier alpha value is -1.97. The highest BCUT2D eigenvalue weighted by Gasteiger charge is 2.21. The highest BCUT2D eigenvalue weighted by molar-refractivity contribution is 6.35. The zero-order valence-corrected chi connectivity index (χ0v) is 16.2. The van der Waals surface area contributed by atoms with Gasteiger partial charge in [0.2, 0.25) is 0 Å². The molecule has 0 bridgehead atoms. The van der Waals surface area contributed by atoms with E-state index in [2.05, 4.69) is 36.5 Å². The number of nitrogens with zero attached hydrogens (tertiary/aromatic N) is 2. The molecule has 0 aliphatic carbocycles. The Labute approximate surface area is 163 Å². The van der Waals surface area contributed by atoms with Gasteiger partial charge in [0.05, 0.1) is 11.4 Å². The molecule has 1 aliphatic rings. The van der Waals surface area contributed by atoms with Crippen LogP contribution in [0.5, 0.6) is 0 Å². The summed E-state index contributed by atoms with van der Waals surface area (Å²) in [6, 6.07) is 14.2. The molecule has 0 fully saturated rings. The number of hydrogen-bond donors (Lipinski definition) is 1. The summed E-state index contributed by atoms with van der Waals surface area (Å²) in [5.74, 6) is 1.12. The SMILES string of the molecule is Cc1ccc(-n2nc(Cc3ccc(Cl)cc3Cl)c3c2NCCCC3)cc1. The molecule has 4 rings (SSSR count). The molecule has 1 N–H and O–H groups in total. The van der Waals surface area contributed by atoms with Crippen LogP contribution < -0.4 is 5.32 Å². The van der Waals surface area contributed by atoms with Gasteiger partial charge < -0.3 is 5.32 Å². The normalized spacial score (nSPS) is 13.8. The first-order valence-electron chi connectivity index (χ1n) is 8.97. The summed E-state index contributed by atoms with van der Waals surface area (Å²) in [5.41, 5.74) is 5.76. The van der Waals surface area contributed by atoms with Crippen LogP contribution in [0.15, 0.2) is 42.5 Å². The zero-order valence-electron chi connectivity index (χ0n) is 14.7. The summed E-state index contributed by atoms with van der Waals surface area (Å²) in [6.07, 6.45) is 4.08. The third-order valence-electron chi connectivity index (χ3n) is 4.86. The average Bonchev–Trinajstić information content (AvgIpc) is 2.80. The van der Waals surface area contributed by atoms with Gasteiger partial charge in [0.25, 0.3) is 0 Å². The minimum Gasteiger partial charge on any atom is -0.370 e. The zero-order chi connectivity index (χ0) is 18.1. The molecule has 0 unspecified atom stereocenters. The Morgan fingerprint density at radius 2 is 1.88 bits per heavy atom. The fourth-order valence-electron chi connectivity index (χ4n) is 3.43. The van der Waals surface area contributed by atoms with Crippen molar-refractivity contribution in [2.45, 2.75) is 32.6 Å². The summed E-state index contributed by atoms with van der Waals surface area (Å²) in [4.78, 5) is 0. The molecule has 0 radical (unpaired) electrons. The van der Waals surface area contributed by atoms with E-state index in [0.717, 1.165) is 35.7 Å². The summed E-state index contributed by atoms with van der Waals surface area (Å²) in [5, 5.41) is 9.89. The standard InChI is InChI=1S/C21H21Cl2N3/c1-14-5-9-17(10-6-14)26-21-18(4-2-3-11-24-21)20(25-26)12-15-7-8-16(22)13-19(15)23/h5-10,13,24H,2-4,11-12H2,1H3. The minimum atomic E-state index is 0.657. The molecule has 26 heavy (non-hydrogen) atoms. The maximum absolute atomic E-state index is 6.40. The molecule has 3 aromatic rings. The molecule has 1 aromatic heterocycles. The van der Waals surface area contributed by atoms with Crippen molar-refractivity contribution in [3.63, 3.8) is 0 Å². The van der Waals surface area contributed by atoms with Crippen molar-refractivity contribution in [3.05, 3.63) is 74.9 Å². The Balaban J connectivity index is 1.78. The lowest BCUT2D eigenvalue weighted by molar-refractivity contribution is 0.767. The van der Waals surface area contributed by atoms with Gasteiger partial charge in [0.1, 0.15) is 5.82 Å². The second-order valence-corrected chi connectivity index (χ2v) is 7.66. The van der Waals surface area contributed by atoms with Crippen molar-refractivity contribution < 1.29 is 0 Å². The fourth-order valence-corrected chi connectivity index (χ4v) is 3.91. The van der Waals surface area contributed by atoms with Gasteiger partial charge in [-0.05, 0) is 56.0 Å². The number of aromatic nitrogens is 2. The predicted octanol–water partition coefficient (Wildman–Crippen LogP) is 5.83. The van der Waals surface area contributed by atoms with Gasteiger partial charge in [-0.3, -0.25) is 0 Å². The fraction of sp³-hybridized carbons (Fsp3) is 0.286. The Bertz CT molecular complexity index is 929. The van der Waals surface area contributed by atoms with E-state index < -0.39 is 0 Å². The van der Waals surface area contributed by atoms with Crippen molar-refractivity contribution in [2.75, 3.05) is 11.9 Å². The molecule has 2 aromatic carbocycles. The van der Waals surface area contributed by atoms with E-state index in [9.17, 15) is 0 Å². The maximum Gasteiger partial charge on any atom is 0.133 e. The molecular weight excluding hydrogens is 365 g/mol. The number of anilines is 1. The lowest BCUT2D eigenvalue weighted by Gasteiger charge is -2.09. The van der Waals surface area contributed by atoms with Crippen molar-refractivity contribution >= 4 is 29.0 Å². The summed E-state index contributed by atoms with van der Waals surface area (Å²) in [6.45, 7) is 3.07. The minimum absolute atomic E-state index is 0.657. The van der Waals surface area contributed by atoms with Gasteiger partial charge in [-0.1, -0.05) is 47.0 Å². The number of nitrogens with one attached hydrogen (secondary N) is 1. The maximum atomic E-state index is 6.40. The van der Waals surface area contributed by atoms with Crippen LogP contribution in [-0.2, 0) is 12.8 Å². The van der Waals surface area contributed by atoms with Crippen molar-refractivity contribution in [3.8, 4) is 5.69 Å². The Morgan fingerprint density at radius 3 is 2.65 bits per heavy atom. The first kappa shape index (κ1) is 17.4. The van der Waals surface area contributed by atoms with E-state index in [1.165, 1.54) is 24.0 Å². The highest BCUT2D eigenvalue weighted by atomic mass is 35.5. The second kappa shape index (κ2) is 7.34. The van der Waals surface area contributed by atoms with E-state index in [1.807, 2.05) is 16.8 Å². The van der Waals surface area contributed by atoms with Gasteiger partial charge in [0, 0.05) is 28.6 Å². The van der Waals surface area contributed by atoms with Crippen molar-refractivity contribution in [1.82, 2.24) is 9.78 Å². The first-order valence-corrected chi connectivity index (χ1v) is 9.73. The third-order valence-corrected chi connectivity index (χ3v) is 5.45. The number of halogens is 2. The van der Waals surface area contributed by atoms with Crippen LogP contribution in [0.3, 0.4) is 0 Å². The summed E-state index contributed by atoms with van der Waals surface area (Å²) >= 11 is 12.4. The van der Waals surface area contributed by atoms with Crippen LogP contribution in [0.2, 0.25) is 10.0 Å². The summed E-state index contributed by atoms with van der Waals surface area (Å²) in [7, 11) is 0. The molecular formula is C21H21Cl2N3. The molecule has 0 amide bonds. The van der Waals surface area contributed by atoms with Gasteiger partial charge >= 0.3 is 0 Å². The van der Waals surface area contributed by atoms with E-state index in [0.29, 0.717) is 16.5 Å². The average molecular weight is 386 g/mol. The van der Waals surface area contributed by atoms with Crippen molar-refractivity contribution in [2.24, 2.45) is 0 Å². The quantitative estimate of drug-likeness (QED) is 0.614. The Morgan fingerprint density at radius 1 is 1.08 bits per heavy atom. The molecule has 0 atom stereocenters. The molecule has 1 aliphatic heterocycles. The molecule has 5 heteroatoms. The molecule has 0 spiro atoms. The molecule has 134 valence electrons. The van der Waals surface area contributed by atoms with Crippen molar-refractivity contribution in [1.29, 1.82) is 0 Å². The predicted molar refractivity (Wildman–Crippen MR) is 109 cm³/mol. The second-order valence-electron chi connectivity index (χ2n) is 6.82. The lowest BCUT2D eigenvalue weighted by Crippen LogP contribution is -2.07. The Kier molecular flexibility index (Phi) is 4.92. The third kappa shape index (κ3) is 3.46. The van der Waals surface area contributed by atoms with Gasteiger partial charge in [0.15, 0.2) is 0 Å². The van der Waals surface area contributed by atoms with Crippen LogP contribution in [0.1, 0.15) is 35.2 Å². The van der Waals surface area contributed by atoms with Crippen LogP contribution in [0.25, 0.3) is 5.69 Å². The monoisotopic (exact) mass is 385 g/mol. The van der Waals surface area contributed by atoms with Gasteiger partial charge in [-0.25, -0.2) is 4.68 Å². The topological polar surface area (TPSA) is 29.9 Å². The lowest BCUT2D eigenvalue weighted by atomic mass is 10.0. The number of benzene rings is 2. The number of aryl methyl sites for hydroxylation is 1. The van der Waals surface area contributed by atoms with Crippen LogP contribution in [0.4, 0.5) is 5.82 Å². The molecule has 3 nitrogen and oxygen atoms in total. The van der Waals surface area contributed by atoms with Gasteiger partial charge in [-0.15, -0.1) is 0 Å². The van der Waals surface area contributed by atoms with Crippen LogP contribution >= 0.6 is 23.2 Å². The van der Waals surface area contributed by atoms with E-state index in [4.69, 9.17) is 28.3 Å². The number of fused-ring (bicyclic) bond motifs is 1. The highest BCUT2D eigenvalue weighted by Crippen LogP contribution is 2.31. The van der Waals surface area contributed by atoms with Crippen LogP contribution in [-0.4, -0.2) is 16.3 Å². The largest absolute Gasteiger partial charge is 0.370 e. The van der Waals surface area contributed by atoms with E-state index in [-0.39, 0.29) is 0 Å². The molecule has 2 heterocycles. The number of hydrogen-bond acceptors (Lipinski definition) is 2. The number of rotatable bonds is 3. The molecule has 0 saturated carbocycles. The smallest absolute Gasteiger partial charge is 0.133 e. The van der Waals surface area contributed by atoms with Crippen LogP contribution in [0, 0.1) is 6.92 Å².